The average molecular weight is 226 g/mol. The molecule has 0 heterocycles. The lowest BCUT2D eigenvalue weighted by Gasteiger charge is -2.16. The summed E-state index contributed by atoms with van der Waals surface area (Å²) in [5.41, 5.74) is 7.32. The van der Waals surface area contributed by atoms with Gasteiger partial charge in [-0.05, 0) is 36.5 Å². The van der Waals surface area contributed by atoms with Crippen molar-refractivity contribution in [2.24, 2.45) is 5.73 Å². The second-order valence-electron chi connectivity index (χ2n) is 4.10. The van der Waals surface area contributed by atoms with Gasteiger partial charge in [-0.3, -0.25) is 0 Å². The maximum Gasteiger partial charge on any atom is 0.137 e. The first-order valence-corrected chi connectivity index (χ1v) is 5.69. The van der Waals surface area contributed by atoms with Gasteiger partial charge < -0.3 is 10.5 Å². The van der Waals surface area contributed by atoms with Gasteiger partial charge in [0, 0.05) is 6.04 Å². The largest absolute Gasteiger partial charge is 0.495 e. The van der Waals surface area contributed by atoms with Gasteiger partial charge in [0.05, 0.1) is 12.1 Å². The van der Waals surface area contributed by atoms with Crippen LogP contribution in [0.15, 0.2) is 18.2 Å². The first-order valence-electron chi connectivity index (χ1n) is 5.31. The van der Waals surface area contributed by atoms with Crippen molar-refractivity contribution in [2.75, 3.05) is 7.11 Å². The summed E-state index contributed by atoms with van der Waals surface area (Å²) in [6, 6.07) is 6.25. The Morgan fingerprint density at radius 2 is 2.20 bits per heavy atom. The number of benzene rings is 1. The summed E-state index contributed by atoms with van der Waals surface area (Å²) >= 11 is 5.98. The smallest absolute Gasteiger partial charge is 0.137 e. The van der Waals surface area contributed by atoms with E-state index in [1.807, 2.05) is 12.1 Å². The molecule has 0 radical (unpaired) electrons. The molecule has 0 spiro atoms. The summed E-state index contributed by atoms with van der Waals surface area (Å²) in [5, 5.41) is 0.660. The van der Waals surface area contributed by atoms with Crippen LogP contribution >= 0.6 is 11.6 Å². The number of ether oxygens (including phenoxy) is 1. The van der Waals surface area contributed by atoms with Gasteiger partial charge >= 0.3 is 0 Å². The molecular formula is C12H16ClNO. The summed E-state index contributed by atoms with van der Waals surface area (Å²) in [4.78, 5) is 0. The molecule has 0 aliphatic heterocycles. The van der Waals surface area contributed by atoms with Gasteiger partial charge in [0.25, 0.3) is 0 Å². The van der Waals surface area contributed by atoms with E-state index in [4.69, 9.17) is 22.1 Å². The van der Waals surface area contributed by atoms with Crippen LogP contribution < -0.4 is 10.5 Å². The Balaban J connectivity index is 2.28. The highest BCUT2D eigenvalue weighted by Crippen LogP contribution is 2.36. The Bertz CT molecular complexity index is 353. The second kappa shape index (κ2) is 4.42. The van der Waals surface area contributed by atoms with Gasteiger partial charge in [0.1, 0.15) is 5.75 Å². The molecule has 1 aliphatic rings. The highest BCUT2D eigenvalue weighted by Gasteiger charge is 2.25. The molecule has 0 bridgehead atoms. The highest BCUT2D eigenvalue weighted by atomic mass is 35.5. The fourth-order valence-electron chi connectivity index (χ4n) is 2.31. The number of hydrogen-bond donors (Lipinski definition) is 1. The van der Waals surface area contributed by atoms with E-state index in [2.05, 4.69) is 6.07 Å². The van der Waals surface area contributed by atoms with Crippen LogP contribution in [-0.2, 0) is 0 Å². The monoisotopic (exact) mass is 225 g/mol. The van der Waals surface area contributed by atoms with Crippen molar-refractivity contribution < 1.29 is 4.74 Å². The Hall–Kier alpha value is -0.730. The van der Waals surface area contributed by atoms with E-state index in [-0.39, 0.29) is 6.04 Å². The molecule has 0 aromatic heterocycles. The maximum absolute atomic E-state index is 6.07. The third kappa shape index (κ3) is 2.11. The standard InChI is InChI=1S/C12H16ClNO/c1-15-12-7-8(5-6-10(12)13)9-3-2-4-11(9)14/h5-7,9,11H,2-4,14H2,1H3/t9?,11-/m0/s1. The van der Waals surface area contributed by atoms with Crippen LogP contribution in [0.25, 0.3) is 0 Å². The predicted octanol–water partition coefficient (Wildman–Crippen LogP) is 2.94. The molecule has 3 heteroatoms. The van der Waals surface area contributed by atoms with Crippen LogP contribution in [0.4, 0.5) is 0 Å². The fourth-order valence-corrected chi connectivity index (χ4v) is 2.50. The molecule has 1 saturated carbocycles. The van der Waals surface area contributed by atoms with Gasteiger partial charge in [-0.25, -0.2) is 0 Å². The van der Waals surface area contributed by atoms with Crippen LogP contribution in [-0.4, -0.2) is 13.2 Å². The second-order valence-corrected chi connectivity index (χ2v) is 4.50. The summed E-state index contributed by atoms with van der Waals surface area (Å²) in [6.07, 6.45) is 3.51. The fraction of sp³-hybridized carbons (Fsp3) is 0.500. The molecule has 15 heavy (non-hydrogen) atoms. The minimum Gasteiger partial charge on any atom is -0.495 e. The molecule has 1 aromatic carbocycles. The van der Waals surface area contributed by atoms with Crippen molar-refractivity contribution in [3.05, 3.63) is 28.8 Å². The van der Waals surface area contributed by atoms with Crippen LogP contribution in [0, 0.1) is 0 Å². The van der Waals surface area contributed by atoms with Gasteiger partial charge in [-0.2, -0.15) is 0 Å². The van der Waals surface area contributed by atoms with Crippen LogP contribution in [0.1, 0.15) is 30.7 Å². The van der Waals surface area contributed by atoms with E-state index in [1.54, 1.807) is 7.11 Å². The lowest BCUT2D eigenvalue weighted by atomic mass is 9.94. The minimum absolute atomic E-state index is 0.288. The van der Waals surface area contributed by atoms with Crippen LogP contribution in [0.3, 0.4) is 0 Å². The van der Waals surface area contributed by atoms with Crippen molar-refractivity contribution >= 4 is 11.6 Å². The van der Waals surface area contributed by atoms with E-state index < -0.39 is 0 Å². The van der Waals surface area contributed by atoms with Gasteiger partial charge in [0.2, 0.25) is 0 Å². The SMILES string of the molecule is COc1cc(C2CCC[C@@H]2N)ccc1Cl. The molecule has 1 aromatic rings. The topological polar surface area (TPSA) is 35.2 Å². The normalized spacial score (nSPS) is 25.5. The molecule has 82 valence electrons. The summed E-state index contributed by atoms with van der Waals surface area (Å²) in [5.74, 6) is 1.21. The first kappa shape index (κ1) is 10.8. The molecule has 1 aliphatic carbocycles. The third-order valence-electron chi connectivity index (χ3n) is 3.17. The van der Waals surface area contributed by atoms with Crippen LogP contribution in [0.2, 0.25) is 5.02 Å². The molecule has 0 saturated heterocycles. The first-order chi connectivity index (χ1) is 7.22. The third-order valence-corrected chi connectivity index (χ3v) is 3.48. The van der Waals surface area contributed by atoms with Gasteiger partial charge in [-0.1, -0.05) is 24.1 Å². The summed E-state index contributed by atoms with van der Waals surface area (Å²) in [6.45, 7) is 0. The number of halogens is 1. The van der Waals surface area contributed by atoms with E-state index in [9.17, 15) is 0 Å². The molecule has 2 N–H and O–H groups in total. The van der Waals surface area contributed by atoms with Gasteiger partial charge in [0.15, 0.2) is 0 Å². The van der Waals surface area contributed by atoms with Crippen LogP contribution in [0.5, 0.6) is 5.75 Å². The Morgan fingerprint density at radius 3 is 2.80 bits per heavy atom. The Labute approximate surface area is 95.4 Å². The maximum atomic E-state index is 6.07. The molecule has 2 rings (SSSR count). The zero-order chi connectivity index (χ0) is 10.8. The number of rotatable bonds is 2. The molecule has 1 unspecified atom stereocenters. The minimum atomic E-state index is 0.288. The van der Waals surface area contributed by atoms with Crippen molar-refractivity contribution in [3.63, 3.8) is 0 Å². The van der Waals surface area contributed by atoms with Gasteiger partial charge in [-0.15, -0.1) is 0 Å². The lowest BCUT2D eigenvalue weighted by molar-refractivity contribution is 0.413. The highest BCUT2D eigenvalue weighted by molar-refractivity contribution is 6.32. The number of nitrogens with two attached hydrogens (primary N) is 1. The summed E-state index contributed by atoms with van der Waals surface area (Å²) < 4.78 is 5.21. The molecule has 0 amide bonds. The number of methoxy groups -OCH3 is 1. The van der Waals surface area contributed by atoms with Crippen molar-refractivity contribution in [1.29, 1.82) is 0 Å². The summed E-state index contributed by atoms with van der Waals surface area (Å²) in [7, 11) is 1.64. The Morgan fingerprint density at radius 1 is 1.40 bits per heavy atom. The lowest BCUT2D eigenvalue weighted by Crippen LogP contribution is -2.22. The van der Waals surface area contributed by atoms with E-state index in [0.717, 1.165) is 12.2 Å². The van der Waals surface area contributed by atoms with E-state index in [1.165, 1.54) is 18.4 Å². The zero-order valence-corrected chi connectivity index (χ0v) is 9.63. The van der Waals surface area contributed by atoms with E-state index >= 15 is 0 Å². The average Bonchev–Trinajstić information content (AvgIpc) is 2.65. The van der Waals surface area contributed by atoms with E-state index in [0.29, 0.717) is 10.9 Å². The molecule has 1 fully saturated rings. The predicted molar refractivity (Wildman–Crippen MR) is 62.6 cm³/mol. The number of hydrogen-bond acceptors (Lipinski definition) is 2. The molecule has 2 nitrogen and oxygen atoms in total. The van der Waals surface area contributed by atoms with Crippen molar-refractivity contribution in [1.82, 2.24) is 0 Å². The Kier molecular flexibility index (Phi) is 3.17. The molecular weight excluding hydrogens is 210 g/mol. The van der Waals surface area contributed by atoms with Crippen molar-refractivity contribution in [2.45, 2.75) is 31.2 Å². The zero-order valence-electron chi connectivity index (χ0n) is 8.87. The quantitative estimate of drug-likeness (QED) is 0.840. The van der Waals surface area contributed by atoms with Crippen molar-refractivity contribution in [3.8, 4) is 5.75 Å². The molecule has 2 atom stereocenters.